The van der Waals surface area contributed by atoms with Crippen LogP contribution in [0.15, 0.2) is 49.1 Å². The maximum Gasteiger partial charge on any atom is 0.219 e. The number of benzene rings is 1. The van der Waals surface area contributed by atoms with E-state index in [0.717, 1.165) is 40.5 Å². The highest BCUT2D eigenvalue weighted by atomic mass is 16.2. The lowest BCUT2D eigenvalue weighted by Gasteiger charge is -2.28. The van der Waals surface area contributed by atoms with Crippen molar-refractivity contribution >= 4 is 33.8 Å². The van der Waals surface area contributed by atoms with E-state index >= 15 is 0 Å². The first-order valence-corrected chi connectivity index (χ1v) is 10.8. The second kappa shape index (κ2) is 7.40. The van der Waals surface area contributed by atoms with Crippen LogP contribution in [0.25, 0.3) is 33.3 Å². The van der Waals surface area contributed by atoms with E-state index in [1.54, 1.807) is 13.1 Å². The minimum atomic E-state index is 0.116. The molecule has 0 atom stereocenters. The summed E-state index contributed by atoms with van der Waals surface area (Å²) < 4.78 is 1.87. The molecule has 0 spiro atoms. The van der Waals surface area contributed by atoms with E-state index in [0.29, 0.717) is 30.2 Å². The Hall–Kier alpha value is -4.27. The van der Waals surface area contributed by atoms with Gasteiger partial charge in [-0.05, 0) is 35.2 Å². The second-order valence-corrected chi connectivity index (χ2v) is 8.40. The predicted octanol–water partition coefficient (Wildman–Crippen LogP) is 2.90. The quantitative estimate of drug-likeness (QED) is 0.447. The Kier molecular flexibility index (Phi) is 4.36. The fourth-order valence-corrected chi connectivity index (χ4v) is 4.56. The molecule has 164 valence electrons. The Labute approximate surface area is 189 Å². The first-order valence-electron chi connectivity index (χ1n) is 10.8. The summed E-state index contributed by atoms with van der Waals surface area (Å²) in [5.74, 6) is 0.509. The maximum atomic E-state index is 11.7. The van der Waals surface area contributed by atoms with Gasteiger partial charge in [0.05, 0.1) is 11.9 Å². The molecule has 0 saturated carbocycles. The van der Waals surface area contributed by atoms with Crippen LogP contribution in [0.4, 0.5) is 5.82 Å². The maximum absolute atomic E-state index is 11.7. The fourth-order valence-electron chi connectivity index (χ4n) is 4.56. The SMILES string of the molecule is CC(=O)N1CCc2cc(Cn3nc(-c4cnc5[nH]ccc5c4)c4c(N)ncnc43)ccc2C1. The summed E-state index contributed by atoms with van der Waals surface area (Å²) in [4.78, 5) is 29.9. The van der Waals surface area contributed by atoms with Gasteiger partial charge in [-0.2, -0.15) is 5.10 Å². The lowest BCUT2D eigenvalue weighted by molar-refractivity contribution is -0.129. The van der Waals surface area contributed by atoms with Gasteiger partial charge in [0.25, 0.3) is 0 Å². The summed E-state index contributed by atoms with van der Waals surface area (Å²) in [7, 11) is 0. The number of carbonyl (C=O) groups excluding carboxylic acids is 1. The number of nitrogens with two attached hydrogens (primary N) is 1. The standard InChI is InChI=1S/C24H22N8O/c1-14(33)31-7-5-16-8-15(2-3-18(16)12-31)11-32-24-20(22(25)28-13-29-24)21(30-32)19-9-17-4-6-26-23(17)27-10-19/h2-4,6,8-10,13H,5,7,11-12H2,1H3,(H,26,27)(H2,25,28,29). The van der Waals surface area contributed by atoms with E-state index in [-0.39, 0.29) is 5.91 Å². The number of pyridine rings is 1. The number of nitrogens with one attached hydrogen (secondary N) is 1. The van der Waals surface area contributed by atoms with Crippen molar-refractivity contribution in [1.29, 1.82) is 0 Å². The molecule has 1 aliphatic rings. The molecular formula is C24H22N8O. The zero-order chi connectivity index (χ0) is 22.5. The van der Waals surface area contributed by atoms with E-state index < -0.39 is 0 Å². The number of hydrogen-bond donors (Lipinski definition) is 2. The van der Waals surface area contributed by atoms with E-state index in [2.05, 4.69) is 38.1 Å². The molecule has 3 N–H and O–H groups in total. The van der Waals surface area contributed by atoms with Crippen LogP contribution in [-0.2, 0) is 24.3 Å². The van der Waals surface area contributed by atoms with Crippen molar-refractivity contribution in [3.63, 3.8) is 0 Å². The van der Waals surface area contributed by atoms with E-state index in [4.69, 9.17) is 10.8 Å². The zero-order valence-electron chi connectivity index (χ0n) is 18.1. The molecule has 6 rings (SSSR count). The number of amides is 1. The average molecular weight is 438 g/mol. The van der Waals surface area contributed by atoms with Crippen molar-refractivity contribution in [2.75, 3.05) is 12.3 Å². The highest BCUT2D eigenvalue weighted by molar-refractivity contribution is 5.99. The number of hydrogen-bond acceptors (Lipinski definition) is 6. The number of rotatable bonds is 3. The number of fused-ring (bicyclic) bond motifs is 3. The van der Waals surface area contributed by atoms with Gasteiger partial charge < -0.3 is 15.6 Å². The number of aromatic amines is 1. The fraction of sp³-hybridized carbons (Fsp3) is 0.208. The van der Waals surface area contributed by atoms with Crippen molar-refractivity contribution in [3.05, 3.63) is 65.7 Å². The normalized spacial score (nSPS) is 13.5. The molecule has 0 unspecified atom stereocenters. The highest BCUT2D eigenvalue weighted by Crippen LogP contribution is 2.31. The predicted molar refractivity (Wildman–Crippen MR) is 125 cm³/mol. The molecular weight excluding hydrogens is 416 g/mol. The Bertz CT molecular complexity index is 1530. The number of aromatic nitrogens is 6. The van der Waals surface area contributed by atoms with Crippen LogP contribution >= 0.6 is 0 Å². The average Bonchev–Trinajstić information content (AvgIpc) is 3.43. The lowest BCUT2D eigenvalue weighted by Crippen LogP contribution is -2.34. The van der Waals surface area contributed by atoms with E-state index in [9.17, 15) is 4.79 Å². The number of anilines is 1. The smallest absolute Gasteiger partial charge is 0.219 e. The molecule has 0 aliphatic carbocycles. The molecule has 33 heavy (non-hydrogen) atoms. The Balaban J connectivity index is 1.40. The summed E-state index contributed by atoms with van der Waals surface area (Å²) in [6.07, 6.45) is 5.97. The van der Waals surface area contributed by atoms with Gasteiger partial charge in [0, 0.05) is 43.4 Å². The van der Waals surface area contributed by atoms with Crippen molar-refractivity contribution in [2.45, 2.75) is 26.4 Å². The molecule has 9 heteroatoms. The topological polar surface area (TPSA) is 119 Å². The number of nitrogen functional groups attached to an aromatic ring is 1. The molecule has 1 aromatic carbocycles. The third-order valence-corrected chi connectivity index (χ3v) is 6.29. The Morgan fingerprint density at radius 2 is 2.06 bits per heavy atom. The summed E-state index contributed by atoms with van der Waals surface area (Å²) >= 11 is 0. The second-order valence-electron chi connectivity index (χ2n) is 8.40. The molecule has 4 aromatic heterocycles. The van der Waals surface area contributed by atoms with Gasteiger partial charge in [0.1, 0.15) is 23.5 Å². The number of nitrogens with zero attached hydrogens (tertiary/aromatic N) is 6. The molecule has 0 radical (unpaired) electrons. The van der Waals surface area contributed by atoms with Gasteiger partial charge in [-0.25, -0.2) is 19.6 Å². The van der Waals surface area contributed by atoms with Gasteiger partial charge in [0.2, 0.25) is 5.91 Å². The molecule has 0 saturated heterocycles. The largest absolute Gasteiger partial charge is 0.383 e. The van der Waals surface area contributed by atoms with Crippen LogP contribution in [0.3, 0.4) is 0 Å². The van der Waals surface area contributed by atoms with Gasteiger partial charge >= 0.3 is 0 Å². The number of H-pyrrole nitrogens is 1. The van der Waals surface area contributed by atoms with Gasteiger partial charge in [-0.15, -0.1) is 0 Å². The van der Waals surface area contributed by atoms with E-state index in [1.807, 2.05) is 27.9 Å². The molecule has 0 fully saturated rings. The molecule has 9 nitrogen and oxygen atoms in total. The monoisotopic (exact) mass is 438 g/mol. The van der Waals surface area contributed by atoms with Crippen LogP contribution in [0, 0.1) is 0 Å². The van der Waals surface area contributed by atoms with Crippen LogP contribution in [0.1, 0.15) is 23.6 Å². The first-order chi connectivity index (χ1) is 16.1. The summed E-state index contributed by atoms with van der Waals surface area (Å²) in [6.45, 7) is 3.59. The molecule has 5 aromatic rings. The Morgan fingerprint density at radius 1 is 1.15 bits per heavy atom. The van der Waals surface area contributed by atoms with Crippen LogP contribution in [0.2, 0.25) is 0 Å². The van der Waals surface area contributed by atoms with Crippen molar-refractivity contribution in [1.82, 2.24) is 34.6 Å². The molecule has 0 bridgehead atoms. The summed E-state index contributed by atoms with van der Waals surface area (Å²) in [5, 5.41) is 6.61. The first kappa shape index (κ1) is 19.4. The van der Waals surface area contributed by atoms with Crippen molar-refractivity contribution < 1.29 is 4.79 Å². The van der Waals surface area contributed by atoms with Gasteiger partial charge in [-0.1, -0.05) is 18.2 Å². The van der Waals surface area contributed by atoms with Gasteiger partial charge in [-0.3, -0.25) is 4.79 Å². The molecule has 5 heterocycles. The van der Waals surface area contributed by atoms with E-state index in [1.165, 1.54) is 17.5 Å². The summed E-state index contributed by atoms with van der Waals surface area (Å²) in [5.41, 5.74) is 12.9. The van der Waals surface area contributed by atoms with Crippen LogP contribution < -0.4 is 5.73 Å². The third kappa shape index (κ3) is 3.29. The summed E-state index contributed by atoms with van der Waals surface area (Å²) in [6, 6.07) is 10.4. The van der Waals surface area contributed by atoms with Crippen LogP contribution in [0.5, 0.6) is 0 Å². The Morgan fingerprint density at radius 3 is 2.94 bits per heavy atom. The minimum Gasteiger partial charge on any atom is -0.383 e. The van der Waals surface area contributed by atoms with Crippen molar-refractivity contribution in [2.24, 2.45) is 0 Å². The lowest BCUT2D eigenvalue weighted by atomic mass is 9.97. The minimum absolute atomic E-state index is 0.116. The van der Waals surface area contributed by atoms with Crippen molar-refractivity contribution in [3.8, 4) is 11.3 Å². The molecule has 1 aliphatic heterocycles. The molecule has 1 amide bonds. The highest BCUT2D eigenvalue weighted by Gasteiger charge is 2.20. The zero-order valence-corrected chi connectivity index (χ0v) is 18.1. The third-order valence-electron chi connectivity index (χ3n) is 6.29. The van der Waals surface area contributed by atoms with Gasteiger partial charge in [0.15, 0.2) is 5.65 Å². The number of carbonyl (C=O) groups is 1. The van der Waals surface area contributed by atoms with Crippen LogP contribution in [-0.4, -0.2) is 47.1 Å².